The molecule has 1 saturated heterocycles. The number of nitrogens with one attached hydrogen (secondary N) is 1. The second kappa shape index (κ2) is 9.28. The SMILES string of the molecule is O=C(CCc1ccccn1)N(Cc1ccccn1)[C@H]1CCCNCC1. The molecule has 2 aromatic heterocycles. The van der Waals surface area contributed by atoms with Crippen LogP contribution in [-0.4, -0.2) is 39.9 Å². The van der Waals surface area contributed by atoms with Crippen LogP contribution in [0.15, 0.2) is 48.8 Å². The molecule has 5 nitrogen and oxygen atoms in total. The minimum Gasteiger partial charge on any atom is -0.334 e. The molecule has 0 bridgehead atoms. The lowest BCUT2D eigenvalue weighted by molar-refractivity contribution is -0.134. The van der Waals surface area contributed by atoms with Gasteiger partial charge in [0.25, 0.3) is 0 Å². The lowest BCUT2D eigenvalue weighted by atomic mass is 10.1. The third kappa shape index (κ3) is 5.36. The summed E-state index contributed by atoms with van der Waals surface area (Å²) in [5, 5.41) is 3.43. The fourth-order valence-corrected chi connectivity index (χ4v) is 3.32. The Morgan fingerprint density at radius 3 is 2.52 bits per heavy atom. The van der Waals surface area contributed by atoms with Crippen LogP contribution in [0.1, 0.15) is 37.1 Å². The highest BCUT2D eigenvalue weighted by Crippen LogP contribution is 2.18. The molecule has 25 heavy (non-hydrogen) atoms. The Balaban J connectivity index is 1.68. The van der Waals surface area contributed by atoms with Crippen molar-refractivity contribution in [3.05, 3.63) is 60.2 Å². The molecule has 3 heterocycles. The van der Waals surface area contributed by atoms with E-state index in [2.05, 4.69) is 15.3 Å². The average Bonchev–Trinajstić information content (AvgIpc) is 2.95. The molecule has 0 spiro atoms. The van der Waals surface area contributed by atoms with Gasteiger partial charge in [-0.1, -0.05) is 12.1 Å². The van der Waals surface area contributed by atoms with E-state index < -0.39 is 0 Å². The Morgan fingerprint density at radius 2 is 1.80 bits per heavy atom. The topological polar surface area (TPSA) is 58.1 Å². The number of carbonyl (C=O) groups is 1. The van der Waals surface area contributed by atoms with E-state index in [0.29, 0.717) is 19.4 Å². The monoisotopic (exact) mass is 338 g/mol. The van der Waals surface area contributed by atoms with Gasteiger partial charge in [0, 0.05) is 30.6 Å². The normalized spacial score (nSPS) is 17.7. The first kappa shape index (κ1) is 17.5. The third-order valence-electron chi connectivity index (χ3n) is 4.69. The summed E-state index contributed by atoms with van der Waals surface area (Å²) < 4.78 is 0. The molecule has 1 aliphatic rings. The smallest absolute Gasteiger partial charge is 0.223 e. The van der Waals surface area contributed by atoms with Gasteiger partial charge >= 0.3 is 0 Å². The van der Waals surface area contributed by atoms with Crippen LogP contribution in [0.3, 0.4) is 0 Å². The first-order valence-electron chi connectivity index (χ1n) is 9.13. The van der Waals surface area contributed by atoms with Gasteiger partial charge in [0.2, 0.25) is 5.91 Å². The van der Waals surface area contributed by atoms with E-state index in [9.17, 15) is 4.79 Å². The maximum atomic E-state index is 13.0. The molecule has 1 fully saturated rings. The Morgan fingerprint density at radius 1 is 1.04 bits per heavy atom. The number of hydrogen-bond donors (Lipinski definition) is 1. The molecule has 1 amide bonds. The highest BCUT2D eigenvalue weighted by molar-refractivity contribution is 5.76. The lowest BCUT2D eigenvalue weighted by Gasteiger charge is -2.31. The second-order valence-corrected chi connectivity index (χ2v) is 6.50. The molecular formula is C20H26N4O. The minimum atomic E-state index is 0.197. The molecule has 5 heteroatoms. The number of nitrogens with zero attached hydrogens (tertiary/aromatic N) is 3. The van der Waals surface area contributed by atoms with Crippen molar-refractivity contribution in [1.29, 1.82) is 0 Å². The molecule has 0 radical (unpaired) electrons. The van der Waals surface area contributed by atoms with Gasteiger partial charge in [-0.05, 0) is 63.0 Å². The predicted octanol–water partition coefficient (Wildman–Crippen LogP) is 2.58. The van der Waals surface area contributed by atoms with Gasteiger partial charge < -0.3 is 10.2 Å². The van der Waals surface area contributed by atoms with Crippen molar-refractivity contribution >= 4 is 5.91 Å². The van der Waals surface area contributed by atoms with Crippen LogP contribution in [0.25, 0.3) is 0 Å². The van der Waals surface area contributed by atoms with Crippen LogP contribution in [0, 0.1) is 0 Å². The summed E-state index contributed by atoms with van der Waals surface area (Å²) in [5.41, 5.74) is 1.92. The van der Waals surface area contributed by atoms with Gasteiger partial charge in [-0.15, -0.1) is 0 Å². The van der Waals surface area contributed by atoms with E-state index in [1.165, 1.54) is 0 Å². The van der Waals surface area contributed by atoms with Gasteiger partial charge in [0.1, 0.15) is 0 Å². The summed E-state index contributed by atoms with van der Waals surface area (Å²) in [6.45, 7) is 2.60. The van der Waals surface area contributed by atoms with Crippen molar-refractivity contribution in [2.24, 2.45) is 0 Å². The van der Waals surface area contributed by atoms with Crippen LogP contribution in [0.5, 0.6) is 0 Å². The Kier molecular flexibility index (Phi) is 6.51. The van der Waals surface area contributed by atoms with Crippen LogP contribution in [0.4, 0.5) is 0 Å². The molecule has 0 unspecified atom stereocenters. The molecule has 0 saturated carbocycles. The van der Waals surface area contributed by atoms with E-state index in [0.717, 1.165) is 43.7 Å². The average molecular weight is 338 g/mol. The summed E-state index contributed by atoms with van der Waals surface area (Å²) >= 11 is 0. The number of hydrogen-bond acceptors (Lipinski definition) is 4. The Labute approximate surface area is 149 Å². The fourth-order valence-electron chi connectivity index (χ4n) is 3.32. The fraction of sp³-hybridized carbons (Fsp3) is 0.450. The van der Waals surface area contributed by atoms with Gasteiger partial charge in [-0.3, -0.25) is 14.8 Å². The number of rotatable bonds is 6. The van der Waals surface area contributed by atoms with E-state index in [1.54, 1.807) is 12.4 Å². The summed E-state index contributed by atoms with van der Waals surface area (Å²) in [7, 11) is 0. The summed E-state index contributed by atoms with van der Waals surface area (Å²) in [5.74, 6) is 0.197. The lowest BCUT2D eigenvalue weighted by Crippen LogP contribution is -2.40. The first-order chi connectivity index (χ1) is 12.3. The zero-order valence-electron chi connectivity index (χ0n) is 14.6. The quantitative estimate of drug-likeness (QED) is 0.879. The van der Waals surface area contributed by atoms with Crippen molar-refractivity contribution in [1.82, 2.24) is 20.2 Å². The van der Waals surface area contributed by atoms with E-state index >= 15 is 0 Å². The van der Waals surface area contributed by atoms with Gasteiger partial charge in [-0.2, -0.15) is 0 Å². The van der Waals surface area contributed by atoms with Crippen molar-refractivity contribution in [3.8, 4) is 0 Å². The number of aryl methyl sites for hydroxylation is 1. The van der Waals surface area contributed by atoms with Crippen molar-refractivity contribution in [2.75, 3.05) is 13.1 Å². The minimum absolute atomic E-state index is 0.197. The maximum absolute atomic E-state index is 13.0. The van der Waals surface area contributed by atoms with Gasteiger partial charge in [0.05, 0.1) is 12.2 Å². The van der Waals surface area contributed by atoms with Crippen LogP contribution < -0.4 is 5.32 Å². The number of carbonyl (C=O) groups excluding carboxylic acids is 1. The van der Waals surface area contributed by atoms with Gasteiger partial charge in [0.15, 0.2) is 0 Å². The van der Waals surface area contributed by atoms with Crippen molar-refractivity contribution < 1.29 is 4.79 Å². The van der Waals surface area contributed by atoms with E-state index in [-0.39, 0.29) is 11.9 Å². The summed E-state index contributed by atoms with van der Waals surface area (Å²) in [6, 6.07) is 12.0. The molecule has 132 valence electrons. The Hall–Kier alpha value is -2.27. The molecule has 1 aliphatic heterocycles. The van der Waals surface area contributed by atoms with Crippen LogP contribution in [-0.2, 0) is 17.8 Å². The van der Waals surface area contributed by atoms with E-state index in [1.807, 2.05) is 41.3 Å². The zero-order chi connectivity index (χ0) is 17.3. The third-order valence-corrected chi connectivity index (χ3v) is 4.69. The number of amides is 1. The molecule has 2 aromatic rings. The van der Waals surface area contributed by atoms with Crippen LogP contribution in [0.2, 0.25) is 0 Å². The molecule has 0 aliphatic carbocycles. The molecule has 0 aromatic carbocycles. The highest BCUT2D eigenvalue weighted by Gasteiger charge is 2.24. The second-order valence-electron chi connectivity index (χ2n) is 6.50. The summed E-state index contributed by atoms with van der Waals surface area (Å²) in [6.07, 6.45) is 7.91. The van der Waals surface area contributed by atoms with Gasteiger partial charge in [-0.25, -0.2) is 0 Å². The Bertz CT molecular complexity index is 639. The summed E-state index contributed by atoms with van der Waals surface area (Å²) in [4.78, 5) is 23.8. The van der Waals surface area contributed by atoms with E-state index in [4.69, 9.17) is 0 Å². The molecule has 3 rings (SSSR count). The van der Waals surface area contributed by atoms with Crippen molar-refractivity contribution in [2.45, 2.75) is 44.7 Å². The molecular weight excluding hydrogens is 312 g/mol. The van der Waals surface area contributed by atoms with Crippen molar-refractivity contribution in [3.63, 3.8) is 0 Å². The largest absolute Gasteiger partial charge is 0.334 e. The first-order valence-corrected chi connectivity index (χ1v) is 9.13. The number of aromatic nitrogens is 2. The highest BCUT2D eigenvalue weighted by atomic mass is 16.2. The zero-order valence-corrected chi connectivity index (χ0v) is 14.6. The standard InChI is InChI=1S/C20H26N4O/c25-20(10-9-17-6-1-3-13-22-17)24(16-18-7-2-4-14-23-18)19-8-5-12-21-15-11-19/h1-4,6-7,13-14,19,21H,5,8-12,15-16H2/t19-/m0/s1. The predicted molar refractivity (Wildman–Crippen MR) is 97.9 cm³/mol. The number of pyridine rings is 2. The molecule has 1 atom stereocenters. The molecule has 1 N–H and O–H groups in total. The van der Waals surface area contributed by atoms with Crippen LogP contribution >= 0.6 is 0 Å². The maximum Gasteiger partial charge on any atom is 0.223 e.